The van der Waals surface area contributed by atoms with Crippen LogP contribution in [0.1, 0.15) is 0 Å². The molecule has 1 atom stereocenters. The van der Waals surface area contributed by atoms with Crippen LogP contribution < -0.4 is 10.1 Å². The zero-order chi connectivity index (χ0) is 13.2. The minimum absolute atomic E-state index is 0.237. The van der Waals surface area contributed by atoms with E-state index in [2.05, 4.69) is 5.32 Å². The molecule has 18 heavy (non-hydrogen) atoms. The molecule has 0 radical (unpaired) electrons. The summed E-state index contributed by atoms with van der Waals surface area (Å²) in [4.78, 5) is 1.22. The van der Waals surface area contributed by atoms with Gasteiger partial charge in [-0.15, -0.1) is 0 Å². The smallest absolute Gasteiger partial charge is 0.401 e. The summed E-state index contributed by atoms with van der Waals surface area (Å²) in [6.07, 6.45) is -4.44. The maximum absolute atomic E-state index is 12.2. The van der Waals surface area contributed by atoms with Gasteiger partial charge < -0.3 is 10.1 Å². The molecule has 1 aromatic rings. The van der Waals surface area contributed by atoms with E-state index in [0.717, 1.165) is 5.69 Å². The van der Waals surface area contributed by atoms with Gasteiger partial charge in [0.2, 0.25) is 0 Å². The fourth-order valence-corrected chi connectivity index (χ4v) is 1.98. The third-order valence-electron chi connectivity index (χ3n) is 2.67. The highest BCUT2D eigenvalue weighted by molar-refractivity contribution is 5.57. The fourth-order valence-electron chi connectivity index (χ4n) is 1.98. The Bertz CT molecular complexity index is 409. The number of benzene rings is 1. The standard InChI is InChI=1S/C12H15F3N2O/c1-17(8-12(13,14)15)7-9-6-16-10-4-2-3-5-11(10)18-9/h2-5,9,16H,6-8H2,1H3. The SMILES string of the molecule is CN(CC1CNc2ccccc2O1)CC(F)(F)F. The number of fused-ring (bicyclic) bond motifs is 1. The maximum atomic E-state index is 12.2. The van der Waals surface area contributed by atoms with Crippen molar-refractivity contribution in [1.82, 2.24) is 4.90 Å². The molecule has 100 valence electrons. The van der Waals surface area contributed by atoms with Crippen LogP contribution in [-0.4, -0.2) is 43.9 Å². The van der Waals surface area contributed by atoms with Crippen molar-refractivity contribution in [2.24, 2.45) is 0 Å². The van der Waals surface area contributed by atoms with Crippen molar-refractivity contribution in [3.8, 4) is 5.75 Å². The molecule has 1 unspecified atom stereocenters. The van der Waals surface area contributed by atoms with Gasteiger partial charge in [-0.05, 0) is 19.2 Å². The highest BCUT2D eigenvalue weighted by atomic mass is 19.4. The lowest BCUT2D eigenvalue weighted by atomic mass is 10.2. The molecule has 0 bridgehead atoms. The van der Waals surface area contributed by atoms with Crippen molar-refractivity contribution in [3.05, 3.63) is 24.3 Å². The molecule has 1 aromatic carbocycles. The van der Waals surface area contributed by atoms with E-state index in [-0.39, 0.29) is 12.6 Å². The van der Waals surface area contributed by atoms with E-state index in [1.165, 1.54) is 11.9 Å². The van der Waals surface area contributed by atoms with Crippen LogP contribution in [0.25, 0.3) is 0 Å². The Hall–Kier alpha value is -1.43. The highest BCUT2D eigenvalue weighted by Crippen LogP contribution is 2.28. The first-order valence-electron chi connectivity index (χ1n) is 5.69. The number of nitrogens with one attached hydrogen (secondary N) is 1. The van der Waals surface area contributed by atoms with E-state index in [9.17, 15) is 13.2 Å². The molecule has 6 heteroatoms. The number of hydrogen-bond acceptors (Lipinski definition) is 3. The normalized spacial score (nSPS) is 19.1. The first-order chi connectivity index (χ1) is 8.44. The second kappa shape index (κ2) is 5.06. The van der Waals surface area contributed by atoms with Crippen LogP contribution in [0.15, 0.2) is 24.3 Å². The molecule has 0 spiro atoms. The number of rotatable bonds is 3. The summed E-state index contributed by atoms with van der Waals surface area (Å²) in [6.45, 7) is -0.172. The molecular formula is C12H15F3N2O. The lowest BCUT2D eigenvalue weighted by molar-refractivity contribution is -0.144. The summed E-state index contributed by atoms with van der Waals surface area (Å²) >= 11 is 0. The van der Waals surface area contributed by atoms with Gasteiger partial charge in [0.15, 0.2) is 0 Å². The predicted octanol–water partition coefficient (Wildman–Crippen LogP) is 2.35. The fraction of sp³-hybridized carbons (Fsp3) is 0.500. The molecule has 1 N–H and O–H groups in total. The van der Waals surface area contributed by atoms with Crippen LogP contribution >= 0.6 is 0 Å². The second-order valence-corrected chi connectivity index (χ2v) is 4.43. The number of hydrogen-bond donors (Lipinski definition) is 1. The molecule has 0 aliphatic carbocycles. The topological polar surface area (TPSA) is 24.5 Å². The number of anilines is 1. The van der Waals surface area contributed by atoms with Gasteiger partial charge in [-0.1, -0.05) is 12.1 Å². The number of alkyl halides is 3. The average molecular weight is 260 g/mol. The maximum Gasteiger partial charge on any atom is 0.401 e. The molecular weight excluding hydrogens is 245 g/mol. The Morgan fingerprint density at radius 3 is 2.83 bits per heavy atom. The van der Waals surface area contributed by atoms with Crippen LogP contribution in [0.2, 0.25) is 0 Å². The monoisotopic (exact) mass is 260 g/mol. The highest BCUT2D eigenvalue weighted by Gasteiger charge is 2.30. The minimum Gasteiger partial charge on any atom is -0.485 e. The van der Waals surface area contributed by atoms with Crippen molar-refractivity contribution >= 4 is 5.69 Å². The summed E-state index contributed by atoms with van der Waals surface area (Å²) in [5, 5.41) is 3.15. The molecule has 2 rings (SSSR count). The zero-order valence-electron chi connectivity index (χ0n) is 10.00. The molecule has 3 nitrogen and oxygen atoms in total. The molecule has 0 fully saturated rings. The minimum atomic E-state index is -4.17. The van der Waals surface area contributed by atoms with E-state index in [0.29, 0.717) is 12.3 Å². The number of halogens is 3. The Balaban J connectivity index is 1.90. The molecule has 1 heterocycles. The van der Waals surface area contributed by atoms with E-state index >= 15 is 0 Å². The Morgan fingerprint density at radius 1 is 1.39 bits per heavy atom. The van der Waals surface area contributed by atoms with Crippen molar-refractivity contribution in [2.45, 2.75) is 12.3 Å². The molecule has 0 saturated heterocycles. The zero-order valence-corrected chi connectivity index (χ0v) is 10.00. The summed E-state index contributed by atoms with van der Waals surface area (Å²) < 4.78 is 42.2. The van der Waals surface area contributed by atoms with Gasteiger partial charge >= 0.3 is 6.18 Å². The van der Waals surface area contributed by atoms with Gasteiger partial charge in [0.25, 0.3) is 0 Å². The van der Waals surface area contributed by atoms with E-state index in [4.69, 9.17) is 4.74 Å². The van der Waals surface area contributed by atoms with Gasteiger partial charge in [-0.25, -0.2) is 0 Å². The van der Waals surface area contributed by atoms with Crippen LogP contribution in [-0.2, 0) is 0 Å². The quantitative estimate of drug-likeness (QED) is 0.903. The van der Waals surface area contributed by atoms with Gasteiger partial charge in [-0.2, -0.15) is 13.2 Å². The number of para-hydroxylation sites is 2. The van der Waals surface area contributed by atoms with E-state index in [1.54, 1.807) is 6.07 Å². The lowest BCUT2D eigenvalue weighted by Gasteiger charge is -2.30. The number of nitrogens with zero attached hydrogens (tertiary/aromatic N) is 1. The number of likely N-dealkylation sites (N-methyl/N-ethyl adjacent to an activating group) is 1. The largest absolute Gasteiger partial charge is 0.485 e. The van der Waals surface area contributed by atoms with Crippen LogP contribution in [0.3, 0.4) is 0 Å². The Kier molecular flexibility index (Phi) is 3.65. The molecule has 1 aliphatic heterocycles. The van der Waals surface area contributed by atoms with Crippen molar-refractivity contribution < 1.29 is 17.9 Å². The summed E-state index contributed by atoms with van der Waals surface area (Å²) in [7, 11) is 1.44. The van der Waals surface area contributed by atoms with Crippen molar-refractivity contribution in [3.63, 3.8) is 0 Å². The molecule has 1 aliphatic rings. The second-order valence-electron chi connectivity index (χ2n) is 4.43. The van der Waals surface area contributed by atoms with Crippen LogP contribution in [0.4, 0.5) is 18.9 Å². The predicted molar refractivity (Wildman–Crippen MR) is 62.9 cm³/mol. The third-order valence-corrected chi connectivity index (χ3v) is 2.67. The van der Waals surface area contributed by atoms with Crippen LogP contribution in [0.5, 0.6) is 5.75 Å². The van der Waals surface area contributed by atoms with Gasteiger partial charge in [-0.3, -0.25) is 4.90 Å². The molecule has 0 amide bonds. The third kappa shape index (κ3) is 3.53. The summed E-state index contributed by atoms with van der Waals surface area (Å²) in [6, 6.07) is 7.40. The molecule has 0 aromatic heterocycles. The van der Waals surface area contributed by atoms with E-state index < -0.39 is 12.7 Å². The first kappa shape index (κ1) is 13.0. The Labute approximate surface area is 104 Å². The van der Waals surface area contributed by atoms with Crippen LogP contribution in [0, 0.1) is 0 Å². The summed E-state index contributed by atoms with van der Waals surface area (Å²) in [5.41, 5.74) is 0.882. The average Bonchev–Trinajstić information content (AvgIpc) is 2.26. The van der Waals surface area contributed by atoms with Gasteiger partial charge in [0.05, 0.1) is 18.8 Å². The summed E-state index contributed by atoms with van der Waals surface area (Å²) in [5.74, 6) is 0.689. The van der Waals surface area contributed by atoms with Crippen molar-refractivity contribution in [2.75, 3.05) is 32.0 Å². The van der Waals surface area contributed by atoms with E-state index in [1.807, 2.05) is 18.2 Å². The Morgan fingerprint density at radius 2 is 2.11 bits per heavy atom. The van der Waals surface area contributed by atoms with Gasteiger partial charge in [0.1, 0.15) is 11.9 Å². The lowest BCUT2D eigenvalue weighted by Crippen LogP contribution is -2.43. The van der Waals surface area contributed by atoms with Crippen molar-refractivity contribution in [1.29, 1.82) is 0 Å². The number of ether oxygens (including phenoxy) is 1. The molecule has 0 saturated carbocycles. The van der Waals surface area contributed by atoms with Gasteiger partial charge in [0, 0.05) is 6.54 Å². The first-order valence-corrected chi connectivity index (χ1v) is 5.69.